The number of hydrogen-bond acceptors (Lipinski definition) is 2. The minimum Gasteiger partial charge on any atom is -0.418 e. The third kappa shape index (κ3) is 132. The lowest BCUT2D eigenvalue weighted by Crippen LogP contribution is -2.25. The van der Waals surface area contributed by atoms with Gasteiger partial charge in [0, 0.05) is 3.58 Å². The van der Waals surface area contributed by atoms with Gasteiger partial charge in [0.05, 0.1) is 4.91 Å². The first kappa shape index (κ1) is 60.3. The number of rotatable bonds is 5. The average Bonchev–Trinajstić information content (AvgIpc) is 2.56. The largest absolute Gasteiger partial charge is 0.673 e. The molecule has 0 aliphatic heterocycles. The van der Waals surface area contributed by atoms with Gasteiger partial charge in [0.15, 0.2) is 0 Å². The van der Waals surface area contributed by atoms with E-state index in [4.69, 9.17) is 0 Å². The van der Waals surface area contributed by atoms with Crippen molar-refractivity contribution in [2.24, 2.45) is 0 Å². The Kier molecular flexibility index (Phi) is 32.7. The van der Waals surface area contributed by atoms with Crippen LogP contribution in [0.15, 0.2) is 8.48 Å². The molecule has 0 aromatic heterocycles. The lowest BCUT2D eigenvalue weighted by molar-refractivity contribution is -0.0427. The Morgan fingerprint density at radius 2 is 0.609 bits per heavy atom. The van der Waals surface area contributed by atoms with Gasteiger partial charge in [0.2, 0.25) is 0 Å². The smallest absolute Gasteiger partial charge is 0.418 e. The van der Waals surface area contributed by atoms with Crippen LogP contribution >= 0.6 is 22.6 Å². The van der Waals surface area contributed by atoms with Crippen LogP contribution in [0.2, 0.25) is 0 Å². The van der Waals surface area contributed by atoms with Crippen molar-refractivity contribution in [1.82, 2.24) is 0 Å². The van der Waals surface area contributed by atoms with Crippen LogP contribution in [0.1, 0.15) is 39.5 Å². The highest BCUT2D eigenvalue weighted by molar-refractivity contribution is 14.1. The van der Waals surface area contributed by atoms with Crippen molar-refractivity contribution in [3.63, 3.8) is 0 Å². The van der Waals surface area contributed by atoms with Crippen LogP contribution in [0.25, 0.3) is 0 Å². The summed E-state index contributed by atoms with van der Waals surface area (Å²) in [5.41, 5.74) is -5.19. The van der Waals surface area contributed by atoms with E-state index in [0.717, 1.165) is 0 Å². The predicted molar refractivity (Wildman–Crippen MR) is 127 cm³/mol. The highest BCUT2D eigenvalue weighted by atomic mass is 127. The van der Waals surface area contributed by atoms with Crippen molar-refractivity contribution in [1.29, 1.82) is 0 Å². The fourth-order valence-electron chi connectivity index (χ4n) is 1.14. The molecule has 0 aromatic carbocycles. The van der Waals surface area contributed by atoms with Gasteiger partial charge in [-0.1, -0.05) is 26.7 Å². The van der Waals surface area contributed by atoms with Gasteiger partial charge in [0.1, 0.15) is 0 Å². The third-order valence-corrected chi connectivity index (χ3v) is 5.14. The summed E-state index contributed by atoms with van der Waals surface area (Å²) in [5.74, 6) is 0. The summed E-state index contributed by atoms with van der Waals surface area (Å²) in [5, 5.41) is 0. The Morgan fingerprint density at radius 1 is 0.457 bits per heavy atom. The van der Waals surface area contributed by atoms with E-state index < -0.39 is 63.8 Å². The molecule has 0 aromatic rings. The zero-order chi connectivity index (χ0) is 40.0. The van der Waals surface area contributed by atoms with Crippen LogP contribution in [0.5, 0.6) is 0 Å². The Labute approximate surface area is 254 Å². The lowest BCUT2D eigenvalue weighted by atomic mass is 10.2. The summed E-state index contributed by atoms with van der Waals surface area (Å²) >= 11 is 1.69. The van der Waals surface area contributed by atoms with Crippen LogP contribution in [-0.2, 0) is 9.84 Å². The molecular formula is C9H14B6F27IO2S-6. The van der Waals surface area contributed by atoms with Gasteiger partial charge in [-0.25, -0.2) is 8.42 Å². The minimum atomic E-state index is -6.00. The Hall–Kier alpha value is -1.08. The molecule has 0 fully saturated rings. The molecule has 0 unspecified atom stereocenters. The van der Waals surface area contributed by atoms with Crippen LogP contribution in [-0.4, -0.2) is 57.5 Å². The van der Waals surface area contributed by atoms with Crippen molar-refractivity contribution in [3.05, 3.63) is 8.48 Å². The Bertz CT molecular complexity index is 739. The second kappa shape index (κ2) is 25.0. The molecule has 2 nitrogen and oxygen atoms in total. The summed E-state index contributed by atoms with van der Waals surface area (Å²) < 4.78 is 294. The van der Waals surface area contributed by atoms with Crippen molar-refractivity contribution in [3.8, 4) is 0 Å². The predicted octanol–water partition coefficient (Wildman–Crippen LogP) is 12.0. The first-order valence-corrected chi connectivity index (χ1v) is 12.7. The minimum absolute atomic E-state index is 0.0554. The molecule has 0 amide bonds. The average molecular weight is 891 g/mol. The fourth-order valence-corrected chi connectivity index (χ4v) is 3.97. The second-order valence-corrected chi connectivity index (χ2v) is 9.51. The van der Waals surface area contributed by atoms with Crippen molar-refractivity contribution in [2.75, 3.05) is 0 Å². The Morgan fingerprint density at radius 3 is 0.717 bits per heavy atom. The highest BCUT2D eigenvalue weighted by Gasteiger charge is 2.48. The SMILES string of the molecule is CCCC(I)=C(CCC)S(=O)(=O)C(F)(F)F.F[B-](F)(F)F.F[B-](F)(F)F.F[B-](F)(F)F.F[B-](F)(F)F.F[B-](F)(F)F.F[B-](F)(F)F. The summed E-state index contributed by atoms with van der Waals surface area (Å²) in [4.78, 5) is -0.468. The molecule has 46 heavy (non-hydrogen) atoms. The number of sulfone groups is 1. The van der Waals surface area contributed by atoms with E-state index in [1.165, 1.54) is 0 Å². The van der Waals surface area contributed by atoms with E-state index in [1.807, 2.05) is 0 Å². The van der Waals surface area contributed by atoms with Gasteiger partial charge in [-0.3, -0.25) is 0 Å². The van der Waals surface area contributed by atoms with E-state index in [0.29, 0.717) is 22.8 Å². The molecule has 0 saturated carbocycles. The normalized spacial score (nSPS) is 13.0. The second-order valence-electron chi connectivity index (χ2n) is 6.25. The zero-order valence-corrected chi connectivity index (χ0v) is 24.6. The number of alkyl halides is 3. The van der Waals surface area contributed by atoms with E-state index in [2.05, 4.69) is 0 Å². The van der Waals surface area contributed by atoms with Gasteiger partial charge < -0.3 is 104 Å². The quantitative estimate of drug-likeness (QED) is 0.157. The molecule has 0 spiro atoms. The molecule has 0 atom stereocenters. The standard InChI is InChI=1S/C9H14F3IO2S.6BF4/c1-3-5-7(13)8(6-4-2)16(14,15)9(10,11)12;6*2-1(3,4)5/h3-6H2,1-2H3;;;;;;/q;6*-1. The van der Waals surface area contributed by atoms with E-state index in [9.17, 15) is 125 Å². The zero-order valence-electron chi connectivity index (χ0n) is 21.6. The number of halogens is 28. The first-order chi connectivity index (χ1) is 19.2. The van der Waals surface area contributed by atoms with Gasteiger partial charge in [-0.15, -0.1) is 0 Å². The monoisotopic (exact) mass is 892 g/mol. The molecular weight excluding hydrogens is 877 g/mol. The van der Waals surface area contributed by atoms with Crippen molar-refractivity contribution >= 4 is 76.0 Å². The molecule has 0 radical (unpaired) electrons. The maximum atomic E-state index is 12.4. The lowest BCUT2D eigenvalue weighted by Gasteiger charge is -2.13. The van der Waals surface area contributed by atoms with Gasteiger partial charge in [0.25, 0.3) is 9.84 Å². The maximum Gasteiger partial charge on any atom is 0.673 e. The fraction of sp³-hybridized carbons (Fsp3) is 0.778. The highest BCUT2D eigenvalue weighted by Crippen LogP contribution is 2.36. The van der Waals surface area contributed by atoms with Crippen LogP contribution in [0.3, 0.4) is 0 Å². The molecule has 0 heterocycles. The topological polar surface area (TPSA) is 34.1 Å². The molecule has 37 heteroatoms. The molecule has 0 aliphatic rings. The van der Waals surface area contributed by atoms with Gasteiger partial charge in [-0.2, -0.15) is 13.2 Å². The van der Waals surface area contributed by atoms with Crippen molar-refractivity contribution in [2.45, 2.75) is 45.0 Å². The molecule has 0 bridgehead atoms. The van der Waals surface area contributed by atoms with Crippen LogP contribution in [0.4, 0.5) is 117 Å². The summed E-state index contributed by atoms with van der Waals surface area (Å²) in [6.07, 6.45) is 1.31. The number of allylic oxidation sites excluding steroid dienone is 2. The molecule has 288 valence electrons. The van der Waals surface area contributed by atoms with Gasteiger partial charge >= 0.3 is 49.0 Å². The molecule has 0 rings (SSSR count). The van der Waals surface area contributed by atoms with Gasteiger partial charge in [-0.05, 0) is 35.4 Å². The molecule has 0 N–H and O–H groups in total. The van der Waals surface area contributed by atoms with E-state index in [1.54, 1.807) is 36.4 Å². The van der Waals surface area contributed by atoms with E-state index in [-0.39, 0.29) is 6.42 Å². The maximum absolute atomic E-state index is 12.4. The summed E-state index contributed by atoms with van der Waals surface area (Å²) in [6.45, 7) is 3.45. The Balaban J connectivity index is -0.0000000847. The van der Waals surface area contributed by atoms with Crippen molar-refractivity contribution < 1.29 is 125 Å². The molecule has 0 aliphatic carbocycles. The summed E-state index contributed by atoms with van der Waals surface area (Å²) in [7, 11) is -41.1. The summed E-state index contributed by atoms with van der Waals surface area (Å²) in [6, 6.07) is 0. The molecule has 0 saturated heterocycles. The van der Waals surface area contributed by atoms with Crippen LogP contribution < -0.4 is 0 Å². The first-order valence-electron chi connectivity index (χ1n) is 10.1. The third-order valence-electron chi connectivity index (χ3n) is 1.88. The van der Waals surface area contributed by atoms with Crippen LogP contribution in [0, 0.1) is 0 Å². The number of hydrogen-bond donors (Lipinski definition) is 0. The van der Waals surface area contributed by atoms with E-state index >= 15 is 0 Å².